The Morgan fingerprint density at radius 2 is 2.04 bits per heavy atom. The minimum absolute atomic E-state index is 0.0976. The zero-order valence-corrected chi connectivity index (χ0v) is 15.2. The Bertz CT molecular complexity index is 901. The molecule has 0 aliphatic heterocycles. The van der Waals surface area contributed by atoms with Crippen LogP contribution in [0.1, 0.15) is 6.42 Å². The number of hydrogen-bond donors (Lipinski definition) is 2. The average molecular weight is 401 g/mol. The van der Waals surface area contributed by atoms with Gasteiger partial charge in [-0.15, -0.1) is 0 Å². The second-order valence-electron chi connectivity index (χ2n) is 5.38. The van der Waals surface area contributed by atoms with E-state index in [-0.39, 0.29) is 5.91 Å². The first-order valence-electron chi connectivity index (χ1n) is 7.72. The van der Waals surface area contributed by atoms with Crippen LogP contribution in [0.3, 0.4) is 0 Å². The van der Waals surface area contributed by atoms with Gasteiger partial charge in [-0.3, -0.25) is 4.79 Å². The summed E-state index contributed by atoms with van der Waals surface area (Å²) in [6.45, 7) is 0.387. The lowest BCUT2D eigenvalue weighted by Crippen LogP contribution is -2.13. The van der Waals surface area contributed by atoms with E-state index in [1.54, 1.807) is 7.11 Å². The number of carbonyl (C=O) groups excluding carboxylic acids is 1. The maximum atomic E-state index is 11.9. The minimum atomic E-state index is -0.0976. The van der Waals surface area contributed by atoms with Crippen LogP contribution in [-0.2, 0) is 9.53 Å². The summed E-state index contributed by atoms with van der Waals surface area (Å²) in [5, 5.41) is 6.97. The number of ether oxygens (including phenoxy) is 1. The van der Waals surface area contributed by atoms with E-state index < -0.39 is 0 Å². The number of nitrogens with one attached hydrogen (secondary N) is 2. The van der Waals surface area contributed by atoms with Crippen molar-refractivity contribution in [2.45, 2.75) is 6.42 Å². The van der Waals surface area contributed by atoms with Crippen molar-refractivity contribution < 1.29 is 9.53 Å². The van der Waals surface area contributed by atoms with Crippen molar-refractivity contribution in [3.05, 3.63) is 53.3 Å². The van der Waals surface area contributed by atoms with Gasteiger partial charge in [0, 0.05) is 28.3 Å². The fraction of sp³-hybridized carbons (Fsp3) is 0.167. The number of methoxy groups -OCH3 is 1. The van der Waals surface area contributed by atoms with E-state index in [2.05, 4.69) is 36.5 Å². The molecule has 0 unspecified atom stereocenters. The molecule has 6 nitrogen and oxygen atoms in total. The Morgan fingerprint density at radius 1 is 1.16 bits per heavy atom. The van der Waals surface area contributed by atoms with Crippen molar-refractivity contribution in [1.29, 1.82) is 0 Å². The fourth-order valence-corrected chi connectivity index (χ4v) is 2.75. The summed E-state index contributed by atoms with van der Waals surface area (Å²) in [6, 6.07) is 13.4. The summed E-state index contributed by atoms with van der Waals surface area (Å²) in [6.07, 6.45) is 1.82. The molecular weight excluding hydrogens is 384 g/mol. The van der Waals surface area contributed by atoms with Crippen LogP contribution in [0.2, 0.25) is 0 Å². The summed E-state index contributed by atoms with van der Waals surface area (Å²) in [4.78, 5) is 20.5. The van der Waals surface area contributed by atoms with Gasteiger partial charge >= 0.3 is 0 Å². The Hall–Kier alpha value is -2.51. The third-order valence-corrected chi connectivity index (χ3v) is 4.03. The van der Waals surface area contributed by atoms with Gasteiger partial charge < -0.3 is 15.4 Å². The van der Waals surface area contributed by atoms with Gasteiger partial charge in [-0.2, -0.15) is 0 Å². The van der Waals surface area contributed by atoms with Crippen LogP contribution >= 0.6 is 15.9 Å². The maximum Gasteiger partial charge on any atom is 0.226 e. The molecule has 2 aromatic carbocycles. The summed E-state index contributed by atoms with van der Waals surface area (Å²) in [5.74, 6) is 0.579. The molecule has 3 rings (SSSR count). The fourth-order valence-electron chi connectivity index (χ4n) is 2.36. The SMILES string of the molecule is COCCC(=O)Nc1ccc2ncnc(Nc3cccc(Br)c3)c2c1. The van der Waals surface area contributed by atoms with Gasteiger partial charge in [0.2, 0.25) is 5.91 Å². The van der Waals surface area contributed by atoms with Crippen molar-refractivity contribution in [1.82, 2.24) is 9.97 Å². The van der Waals surface area contributed by atoms with Crippen LogP contribution in [0.4, 0.5) is 17.2 Å². The van der Waals surface area contributed by atoms with Gasteiger partial charge in [0.1, 0.15) is 12.1 Å². The van der Waals surface area contributed by atoms with Gasteiger partial charge in [0.05, 0.1) is 18.5 Å². The molecule has 7 heteroatoms. The third-order valence-electron chi connectivity index (χ3n) is 3.54. The maximum absolute atomic E-state index is 11.9. The number of rotatable bonds is 6. The van der Waals surface area contributed by atoms with E-state index in [0.717, 1.165) is 21.1 Å². The molecule has 128 valence electrons. The Morgan fingerprint density at radius 3 is 2.84 bits per heavy atom. The molecule has 2 N–H and O–H groups in total. The highest BCUT2D eigenvalue weighted by Crippen LogP contribution is 2.26. The lowest BCUT2D eigenvalue weighted by molar-refractivity contribution is -0.117. The smallest absolute Gasteiger partial charge is 0.226 e. The summed E-state index contributed by atoms with van der Waals surface area (Å²) >= 11 is 3.45. The molecule has 1 aromatic heterocycles. The predicted octanol–water partition coefficient (Wildman–Crippen LogP) is 4.11. The molecule has 0 bridgehead atoms. The average Bonchev–Trinajstić information content (AvgIpc) is 2.60. The molecule has 0 atom stereocenters. The molecule has 0 aliphatic rings. The Labute approximate surface area is 153 Å². The van der Waals surface area contributed by atoms with E-state index in [4.69, 9.17) is 4.74 Å². The molecule has 1 heterocycles. The summed E-state index contributed by atoms with van der Waals surface area (Å²) in [7, 11) is 1.57. The van der Waals surface area contributed by atoms with Gasteiger partial charge in [-0.1, -0.05) is 22.0 Å². The van der Waals surface area contributed by atoms with E-state index in [1.165, 1.54) is 6.33 Å². The topological polar surface area (TPSA) is 76.1 Å². The number of anilines is 3. The standard InChI is InChI=1S/C18H17BrN4O2/c1-25-8-7-17(24)22-14-5-6-16-15(10-14)18(21-11-20-16)23-13-4-2-3-12(19)9-13/h2-6,9-11H,7-8H2,1H3,(H,22,24)(H,20,21,23). The zero-order valence-electron chi connectivity index (χ0n) is 13.6. The van der Waals surface area contributed by atoms with Crippen molar-refractivity contribution in [3.63, 3.8) is 0 Å². The largest absolute Gasteiger partial charge is 0.384 e. The molecule has 0 aliphatic carbocycles. The highest BCUT2D eigenvalue weighted by molar-refractivity contribution is 9.10. The lowest BCUT2D eigenvalue weighted by Gasteiger charge is -2.10. The molecule has 0 saturated heterocycles. The molecule has 0 saturated carbocycles. The summed E-state index contributed by atoms with van der Waals surface area (Å²) < 4.78 is 5.89. The first-order valence-corrected chi connectivity index (χ1v) is 8.51. The van der Waals surface area contributed by atoms with Gasteiger partial charge in [-0.05, 0) is 36.4 Å². The number of nitrogens with zero attached hydrogens (tertiary/aromatic N) is 2. The van der Waals surface area contributed by atoms with Crippen LogP contribution in [-0.4, -0.2) is 29.6 Å². The lowest BCUT2D eigenvalue weighted by atomic mass is 10.2. The Balaban J connectivity index is 1.88. The number of aromatic nitrogens is 2. The predicted molar refractivity (Wildman–Crippen MR) is 102 cm³/mol. The van der Waals surface area contributed by atoms with Crippen molar-refractivity contribution in [2.75, 3.05) is 24.4 Å². The van der Waals surface area contributed by atoms with Crippen LogP contribution in [0.15, 0.2) is 53.3 Å². The van der Waals surface area contributed by atoms with Crippen molar-refractivity contribution in [3.8, 4) is 0 Å². The van der Waals surface area contributed by atoms with Gasteiger partial charge in [0.15, 0.2) is 0 Å². The highest BCUT2D eigenvalue weighted by atomic mass is 79.9. The van der Waals surface area contributed by atoms with E-state index in [9.17, 15) is 4.79 Å². The van der Waals surface area contributed by atoms with Crippen LogP contribution in [0, 0.1) is 0 Å². The van der Waals surface area contributed by atoms with E-state index >= 15 is 0 Å². The number of carbonyl (C=O) groups is 1. The normalized spacial score (nSPS) is 10.6. The van der Waals surface area contributed by atoms with Gasteiger partial charge in [0.25, 0.3) is 0 Å². The monoisotopic (exact) mass is 400 g/mol. The first kappa shape index (κ1) is 17.3. The van der Waals surface area contributed by atoms with Crippen LogP contribution in [0.25, 0.3) is 10.9 Å². The second-order valence-corrected chi connectivity index (χ2v) is 6.30. The molecular formula is C18H17BrN4O2. The molecule has 0 spiro atoms. The number of hydrogen-bond acceptors (Lipinski definition) is 5. The quantitative estimate of drug-likeness (QED) is 0.650. The molecule has 1 amide bonds. The summed E-state index contributed by atoms with van der Waals surface area (Å²) in [5.41, 5.74) is 2.40. The van der Waals surface area contributed by atoms with Gasteiger partial charge in [-0.25, -0.2) is 9.97 Å². The number of halogens is 1. The highest BCUT2D eigenvalue weighted by Gasteiger charge is 2.08. The molecule has 3 aromatic rings. The molecule has 0 radical (unpaired) electrons. The first-order chi connectivity index (χ1) is 12.2. The third kappa shape index (κ3) is 4.52. The van der Waals surface area contributed by atoms with E-state index in [1.807, 2.05) is 42.5 Å². The van der Waals surface area contributed by atoms with E-state index in [0.29, 0.717) is 24.5 Å². The minimum Gasteiger partial charge on any atom is -0.384 e. The molecule has 0 fully saturated rings. The second kappa shape index (κ2) is 8.04. The Kier molecular flexibility index (Phi) is 5.57. The number of benzene rings is 2. The van der Waals surface area contributed by atoms with Crippen LogP contribution < -0.4 is 10.6 Å². The zero-order chi connectivity index (χ0) is 17.6. The van der Waals surface area contributed by atoms with Crippen molar-refractivity contribution >= 4 is 49.9 Å². The number of amides is 1. The number of fused-ring (bicyclic) bond motifs is 1. The van der Waals surface area contributed by atoms with Crippen LogP contribution in [0.5, 0.6) is 0 Å². The van der Waals surface area contributed by atoms with Crippen molar-refractivity contribution in [2.24, 2.45) is 0 Å². The molecule has 25 heavy (non-hydrogen) atoms.